The molecular weight excluding hydrogens is 272 g/mol. The second-order valence-electron chi connectivity index (χ2n) is 4.73. The van der Waals surface area contributed by atoms with Crippen LogP contribution < -0.4 is 15.0 Å². The van der Waals surface area contributed by atoms with Crippen LogP contribution in [0.2, 0.25) is 0 Å². The van der Waals surface area contributed by atoms with Gasteiger partial charge in [0.1, 0.15) is 6.33 Å². The minimum atomic E-state index is 0.311. The number of hydrogen-bond acceptors (Lipinski definition) is 8. The first-order chi connectivity index (χ1) is 10.3. The lowest BCUT2D eigenvalue weighted by Gasteiger charge is -2.27. The van der Waals surface area contributed by atoms with Crippen molar-refractivity contribution in [3.05, 3.63) is 12.2 Å². The fourth-order valence-electron chi connectivity index (χ4n) is 2.13. The number of anilines is 2. The lowest BCUT2D eigenvalue weighted by molar-refractivity contribution is 0.378. The topological polar surface area (TPSA) is 93.9 Å². The number of nitrogens with zero attached hydrogens (tertiary/aromatic N) is 7. The van der Waals surface area contributed by atoms with Crippen molar-refractivity contribution >= 4 is 11.9 Å². The van der Waals surface area contributed by atoms with Gasteiger partial charge in [0.25, 0.3) is 0 Å². The largest absolute Gasteiger partial charge is 0.467 e. The number of methoxy groups -OCH3 is 1. The first kappa shape index (κ1) is 13.5. The van der Waals surface area contributed by atoms with Crippen molar-refractivity contribution in [2.75, 3.05) is 30.4 Å². The molecule has 21 heavy (non-hydrogen) atoms. The molecule has 0 unspecified atom stereocenters. The lowest BCUT2D eigenvalue weighted by Crippen LogP contribution is -2.35. The Morgan fingerprint density at radius 2 is 2.19 bits per heavy atom. The molecule has 0 aromatic carbocycles. The third kappa shape index (κ3) is 2.86. The van der Waals surface area contributed by atoms with Crippen molar-refractivity contribution in [2.24, 2.45) is 0 Å². The van der Waals surface area contributed by atoms with E-state index in [2.05, 4.69) is 37.4 Å². The molecule has 0 radical (unpaired) electrons. The molecule has 9 nitrogen and oxygen atoms in total. The molecule has 0 atom stereocenters. The van der Waals surface area contributed by atoms with Crippen molar-refractivity contribution in [3.63, 3.8) is 0 Å². The van der Waals surface area contributed by atoms with Crippen LogP contribution in [-0.4, -0.2) is 49.9 Å². The van der Waals surface area contributed by atoms with Crippen LogP contribution in [0.1, 0.15) is 19.2 Å². The second-order valence-corrected chi connectivity index (χ2v) is 4.73. The van der Waals surface area contributed by atoms with Gasteiger partial charge in [-0.3, -0.25) is 0 Å². The average molecular weight is 290 g/mol. The van der Waals surface area contributed by atoms with Gasteiger partial charge in [0.05, 0.1) is 13.7 Å². The van der Waals surface area contributed by atoms with E-state index in [1.54, 1.807) is 13.4 Å². The van der Waals surface area contributed by atoms with Crippen LogP contribution >= 0.6 is 0 Å². The van der Waals surface area contributed by atoms with Crippen molar-refractivity contribution in [3.8, 4) is 6.01 Å². The van der Waals surface area contributed by atoms with E-state index in [4.69, 9.17) is 4.74 Å². The van der Waals surface area contributed by atoms with Crippen LogP contribution in [0, 0.1) is 0 Å². The monoisotopic (exact) mass is 290 g/mol. The van der Waals surface area contributed by atoms with Crippen LogP contribution in [0.15, 0.2) is 6.33 Å². The van der Waals surface area contributed by atoms with Crippen molar-refractivity contribution in [2.45, 2.75) is 26.4 Å². The van der Waals surface area contributed by atoms with Gasteiger partial charge < -0.3 is 19.5 Å². The van der Waals surface area contributed by atoms with Crippen molar-refractivity contribution in [1.82, 2.24) is 29.7 Å². The summed E-state index contributed by atoms with van der Waals surface area (Å²) < 4.78 is 7.19. The number of nitrogens with one attached hydrogen (secondary N) is 1. The van der Waals surface area contributed by atoms with Gasteiger partial charge in [0.2, 0.25) is 11.9 Å². The Morgan fingerprint density at radius 1 is 1.29 bits per heavy atom. The molecule has 112 valence electrons. The van der Waals surface area contributed by atoms with Gasteiger partial charge in [0.15, 0.2) is 5.82 Å². The fourth-order valence-corrected chi connectivity index (χ4v) is 2.13. The number of fused-ring (bicyclic) bond motifs is 1. The van der Waals surface area contributed by atoms with Gasteiger partial charge >= 0.3 is 6.01 Å². The highest BCUT2D eigenvalue weighted by atomic mass is 16.5. The second kappa shape index (κ2) is 5.90. The molecule has 0 fully saturated rings. The van der Waals surface area contributed by atoms with Crippen molar-refractivity contribution in [1.29, 1.82) is 0 Å². The van der Waals surface area contributed by atoms with Crippen LogP contribution in [0.3, 0.4) is 0 Å². The van der Waals surface area contributed by atoms with E-state index in [1.807, 2.05) is 9.47 Å². The molecule has 2 aromatic rings. The molecule has 9 heteroatoms. The zero-order valence-electron chi connectivity index (χ0n) is 12.2. The summed E-state index contributed by atoms with van der Waals surface area (Å²) in [5, 5.41) is 11.2. The molecule has 0 saturated heterocycles. The smallest absolute Gasteiger partial charge is 0.322 e. The van der Waals surface area contributed by atoms with E-state index in [0.717, 1.165) is 31.9 Å². The summed E-state index contributed by atoms with van der Waals surface area (Å²) in [7, 11) is 1.55. The maximum Gasteiger partial charge on any atom is 0.322 e. The Labute approximate surface area is 122 Å². The summed E-state index contributed by atoms with van der Waals surface area (Å²) in [5.41, 5.74) is 0. The third-order valence-electron chi connectivity index (χ3n) is 3.24. The van der Waals surface area contributed by atoms with Crippen LogP contribution in [0.4, 0.5) is 11.9 Å². The Bertz CT molecular complexity index is 613. The first-order valence-electron chi connectivity index (χ1n) is 6.95. The van der Waals surface area contributed by atoms with E-state index < -0.39 is 0 Å². The third-order valence-corrected chi connectivity index (χ3v) is 3.24. The SMILES string of the molecule is CCCNc1nc(OC)nc(N2CCn3cnnc3C2)n1. The maximum absolute atomic E-state index is 5.16. The van der Waals surface area contributed by atoms with E-state index >= 15 is 0 Å². The average Bonchev–Trinajstić information content (AvgIpc) is 3.00. The molecule has 1 N–H and O–H groups in total. The van der Waals surface area contributed by atoms with Gasteiger partial charge in [-0.05, 0) is 6.42 Å². The first-order valence-corrected chi connectivity index (χ1v) is 6.95. The number of rotatable bonds is 5. The molecule has 0 aliphatic carbocycles. The van der Waals surface area contributed by atoms with Crippen LogP contribution in [0.25, 0.3) is 0 Å². The van der Waals surface area contributed by atoms with Crippen LogP contribution in [-0.2, 0) is 13.1 Å². The summed E-state index contributed by atoms with van der Waals surface area (Å²) in [6.07, 6.45) is 2.74. The minimum Gasteiger partial charge on any atom is -0.467 e. The molecule has 0 bridgehead atoms. The molecule has 0 spiro atoms. The predicted octanol–water partition coefficient (Wildman–Crippen LogP) is 0.314. The molecule has 1 aliphatic rings. The van der Waals surface area contributed by atoms with Gasteiger partial charge in [-0.15, -0.1) is 10.2 Å². The quantitative estimate of drug-likeness (QED) is 0.841. The Kier molecular flexibility index (Phi) is 3.80. The Balaban J connectivity index is 1.84. The van der Waals surface area contributed by atoms with E-state index in [9.17, 15) is 0 Å². The molecule has 3 rings (SSSR count). The summed E-state index contributed by atoms with van der Waals surface area (Å²) in [5.74, 6) is 2.03. The van der Waals surface area contributed by atoms with E-state index in [-0.39, 0.29) is 0 Å². The molecule has 0 amide bonds. The van der Waals surface area contributed by atoms with Crippen molar-refractivity contribution < 1.29 is 4.74 Å². The van der Waals surface area contributed by atoms with Gasteiger partial charge in [-0.1, -0.05) is 6.92 Å². The number of aromatic nitrogens is 6. The zero-order chi connectivity index (χ0) is 14.7. The lowest BCUT2D eigenvalue weighted by atomic mass is 10.4. The van der Waals surface area contributed by atoms with Gasteiger partial charge in [-0.2, -0.15) is 15.0 Å². The summed E-state index contributed by atoms with van der Waals surface area (Å²) in [6, 6.07) is 0.311. The maximum atomic E-state index is 5.16. The number of hydrogen-bond donors (Lipinski definition) is 1. The van der Waals surface area contributed by atoms with E-state index in [1.165, 1.54) is 0 Å². The Morgan fingerprint density at radius 3 is 3.00 bits per heavy atom. The number of ether oxygens (including phenoxy) is 1. The Hall–Kier alpha value is -2.45. The highest BCUT2D eigenvalue weighted by Gasteiger charge is 2.21. The predicted molar refractivity (Wildman–Crippen MR) is 76.2 cm³/mol. The molecule has 2 aromatic heterocycles. The summed E-state index contributed by atoms with van der Waals surface area (Å²) in [6.45, 7) is 5.13. The standard InChI is InChI=1S/C12H18N8O/c1-3-4-13-10-15-11(17-12(16-10)21-2)19-5-6-20-8-14-18-9(20)7-19/h8H,3-7H2,1-2H3,(H,13,15,16,17). The van der Waals surface area contributed by atoms with Gasteiger partial charge in [0, 0.05) is 19.6 Å². The van der Waals surface area contributed by atoms with E-state index in [0.29, 0.717) is 24.5 Å². The fraction of sp³-hybridized carbons (Fsp3) is 0.583. The minimum absolute atomic E-state index is 0.311. The summed E-state index contributed by atoms with van der Waals surface area (Å²) >= 11 is 0. The summed E-state index contributed by atoms with van der Waals surface area (Å²) in [4.78, 5) is 15.0. The highest BCUT2D eigenvalue weighted by molar-refractivity contribution is 5.39. The molecule has 1 aliphatic heterocycles. The van der Waals surface area contributed by atoms with Crippen LogP contribution in [0.5, 0.6) is 6.01 Å². The molecule has 0 saturated carbocycles. The zero-order valence-corrected chi connectivity index (χ0v) is 12.2. The molecule has 3 heterocycles. The highest BCUT2D eigenvalue weighted by Crippen LogP contribution is 2.19. The normalized spacial score (nSPS) is 13.9. The molecular formula is C12H18N8O. The van der Waals surface area contributed by atoms with Gasteiger partial charge in [-0.25, -0.2) is 0 Å².